The number of hydrogen-bond donors (Lipinski definition) is 1. The first-order valence-corrected chi connectivity index (χ1v) is 7.99. The highest BCUT2D eigenvalue weighted by Crippen LogP contribution is 2.40. The fourth-order valence-corrected chi connectivity index (χ4v) is 2.88. The van der Waals surface area contributed by atoms with Gasteiger partial charge in [-0.25, -0.2) is 0 Å². The van der Waals surface area contributed by atoms with E-state index in [1.54, 1.807) is 6.07 Å². The van der Waals surface area contributed by atoms with Gasteiger partial charge in [0.2, 0.25) is 0 Å². The lowest BCUT2D eigenvalue weighted by molar-refractivity contribution is 0.436. The molecule has 1 heterocycles. The van der Waals surface area contributed by atoms with Crippen LogP contribution in [0.4, 0.5) is 5.82 Å². The summed E-state index contributed by atoms with van der Waals surface area (Å²) in [5.74, 6) is 0.893. The number of nitrogens with zero attached hydrogens (tertiary/aromatic N) is 1. The predicted octanol–water partition coefficient (Wildman–Crippen LogP) is 5.77. The second kappa shape index (κ2) is 5.83. The Hall–Kier alpha value is -1.30. The van der Waals surface area contributed by atoms with Crippen molar-refractivity contribution in [2.45, 2.75) is 0 Å². The van der Waals surface area contributed by atoms with Gasteiger partial charge in [-0.3, -0.25) is 0 Å². The molecule has 0 unspecified atom stereocenters. The van der Waals surface area contributed by atoms with Crippen molar-refractivity contribution < 1.29 is 4.52 Å². The molecule has 3 rings (SSSR count). The van der Waals surface area contributed by atoms with Crippen LogP contribution >= 0.6 is 43.5 Å². The number of nitrogen functional groups attached to an aromatic ring is 1. The molecule has 0 radical (unpaired) electrons. The molecule has 6 heteroatoms. The lowest BCUT2D eigenvalue weighted by atomic mass is 10.0. The maximum Gasteiger partial charge on any atom is 0.178 e. The fourth-order valence-electron chi connectivity index (χ4n) is 2.05. The monoisotopic (exact) mass is 426 g/mol. The van der Waals surface area contributed by atoms with Crippen LogP contribution in [0.2, 0.25) is 5.02 Å². The largest absolute Gasteiger partial charge is 0.380 e. The van der Waals surface area contributed by atoms with Crippen molar-refractivity contribution in [2.75, 3.05) is 5.73 Å². The number of anilines is 1. The standard InChI is InChI=1S/C15H9Br2ClN2O/c16-9-3-1-8(2-4-9)13-14(21-20-15(13)19)11-7-10(17)5-6-12(11)18/h1-7H,(H2,19,20). The number of rotatable bonds is 2. The first-order valence-electron chi connectivity index (χ1n) is 6.03. The molecule has 2 N–H and O–H groups in total. The summed E-state index contributed by atoms with van der Waals surface area (Å²) in [5, 5.41) is 4.46. The van der Waals surface area contributed by atoms with Crippen molar-refractivity contribution in [3.8, 4) is 22.5 Å². The van der Waals surface area contributed by atoms with E-state index < -0.39 is 0 Å². The molecule has 0 aliphatic carbocycles. The first kappa shape index (κ1) is 14.6. The molecule has 0 fully saturated rings. The Morgan fingerprint density at radius 1 is 1.00 bits per heavy atom. The van der Waals surface area contributed by atoms with Gasteiger partial charge in [0.15, 0.2) is 11.6 Å². The van der Waals surface area contributed by atoms with Crippen molar-refractivity contribution in [1.29, 1.82) is 0 Å². The summed E-state index contributed by atoms with van der Waals surface area (Å²) in [4.78, 5) is 0. The van der Waals surface area contributed by atoms with Gasteiger partial charge in [-0.2, -0.15) is 0 Å². The molecule has 0 saturated heterocycles. The van der Waals surface area contributed by atoms with E-state index in [9.17, 15) is 0 Å². The van der Waals surface area contributed by atoms with Crippen LogP contribution in [0.1, 0.15) is 0 Å². The van der Waals surface area contributed by atoms with Gasteiger partial charge in [0.1, 0.15) is 0 Å². The molecule has 2 aromatic carbocycles. The molecule has 21 heavy (non-hydrogen) atoms. The second-order valence-corrected chi connectivity index (χ2v) is 6.64. The quantitative estimate of drug-likeness (QED) is 0.564. The van der Waals surface area contributed by atoms with Crippen LogP contribution in [-0.2, 0) is 0 Å². The lowest BCUT2D eigenvalue weighted by Gasteiger charge is -2.05. The van der Waals surface area contributed by atoms with E-state index in [0.29, 0.717) is 16.6 Å². The summed E-state index contributed by atoms with van der Waals surface area (Å²) in [5.41, 5.74) is 8.37. The molecule has 0 saturated carbocycles. The van der Waals surface area contributed by atoms with Gasteiger partial charge in [0.25, 0.3) is 0 Å². The molecule has 3 aromatic rings. The average Bonchev–Trinajstić information content (AvgIpc) is 2.84. The molecule has 0 bridgehead atoms. The fraction of sp³-hybridized carbons (Fsp3) is 0. The SMILES string of the molecule is Nc1noc(-c2cc(Br)ccc2Cl)c1-c1ccc(Br)cc1. The molecule has 0 atom stereocenters. The molecule has 106 valence electrons. The zero-order valence-corrected chi connectivity index (χ0v) is 14.5. The molecule has 0 amide bonds. The minimum Gasteiger partial charge on any atom is -0.380 e. The molecule has 3 nitrogen and oxygen atoms in total. The number of halogens is 3. The Morgan fingerprint density at radius 2 is 1.67 bits per heavy atom. The summed E-state index contributed by atoms with van der Waals surface area (Å²) in [6.45, 7) is 0. The van der Waals surface area contributed by atoms with Gasteiger partial charge in [0.05, 0.1) is 10.6 Å². The van der Waals surface area contributed by atoms with Crippen LogP contribution in [0, 0.1) is 0 Å². The van der Waals surface area contributed by atoms with Crippen LogP contribution in [0.5, 0.6) is 0 Å². The van der Waals surface area contributed by atoms with E-state index in [-0.39, 0.29) is 0 Å². The van der Waals surface area contributed by atoms with E-state index in [1.165, 1.54) is 0 Å². The summed E-state index contributed by atoms with van der Waals surface area (Å²) in [6, 6.07) is 13.3. The number of hydrogen-bond acceptors (Lipinski definition) is 3. The van der Waals surface area contributed by atoms with Crippen LogP contribution in [0.3, 0.4) is 0 Å². The third kappa shape index (κ3) is 2.86. The maximum atomic E-state index is 6.27. The van der Waals surface area contributed by atoms with Gasteiger partial charge in [-0.1, -0.05) is 60.8 Å². The Kier molecular flexibility index (Phi) is 4.06. The van der Waals surface area contributed by atoms with Crippen LogP contribution < -0.4 is 5.73 Å². The van der Waals surface area contributed by atoms with Crippen molar-refractivity contribution in [1.82, 2.24) is 5.16 Å². The lowest BCUT2D eigenvalue weighted by Crippen LogP contribution is -1.89. The van der Waals surface area contributed by atoms with E-state index in [4.69, 9.17) is 21.9 Å². The Bertz CT molecular complexity index is 800. The molecular formula is C15H9Br2ClN2O. The third-order valence-electron chi connectivity index (χ3n) is 3.02. The van der Waals surface area contributed by atoms with E-state index >= 15 is 0 Å². The van der Waals surface area contributed by atoms with Crippen molar-refractivity contribution in [2.24, 2.45) is 0 Å². The van der Waals surface area contributed by atoms with Crippen molar-refractivity contribution in [3.63, 3.8) is 0 Å². The highest BCUT2D eigenvalue weighted by Gasteiger charge is 2.19. The van der Waals surface area contributed by atoms with Gasteiger partial charge in [0, 0.05) is 14.5 Å². The third-order valence-corrected chi connectivity index (χ3v) is 4.38. The van der Waals surface area contributed by atoms with Crippen molar-refractivity contribution in [3.05, 3.63) is 56.4 Å². The molecular weight excluding hydrogens is 419 g/mol. The summed E-state index contributed by atoms with van der Waals surface area (Å²) in [6.07, 6.45) is 0. The summed E-state index contributed by atoms with van der Waals surface area (Å²) >= 11 is 13.1. The molecule has 0 aliphatic rings. The normalized spacial score (nSPS) is 10.8. The summed E-state index contributed by atoms with van der Waals surface area (Å²) < 4.78 is 7.30. The highest BCUT2D eigenvalue weighted by molar-refractivity contribution is 9.10. The Balaban J connectivity index is 2.21. The van der Waals surface area contributed by atoms with Gasteiger partial charge in [-0.05, 0) is 35.9 Å². The topological polar surface area (TPSA) is 52.0 Å². The highest BCUT2D eigenvalue weighted by atomic mass is 79.9. The minimum atomic E-state index is 0.336. The van der Waals surface area contributed by atoms with E-state index in [1.807, 2.05) is 36.4 Å². The van der Waals surface area contributed by atoms with Crippen LogP contribution in [-0.4, -0.2) is 5.16 Å². The second-order valence-electron chi connectivity index (χ2n) is 4.40. The summed E-state index contributed by atoms with van der Waals surface area (Å²) in [7, 11) is 0. The zero-order chi connectivity index (χ0) is 15.0. The van der Waals surface area contributed by atoms with Crippen molar-refractivity contribution >= 4 is 49.3 Å². The molecule has 0 aliphatic heterocycles. The van der Waals surface area contributed by atoms with Gasteiger partial charge < -0.3 is 10.3 Å². The number of benzene rings is 2. The first-order chi connectivity index (χ1) is 10.1. The van der Waals surface area contributed by atoms with E-state index in [2.05, 4.69) is 37.0 Å². The minimum absolute atomic E-state index is 0.336. The van der Waals surface area contributed by atoms with Gasteiger partial charge >= 0.3 is 0 Å². The smallest absolute Gasteiger partial charge is 0.178 e. The van der Waals surface area contributed by atoms with E-state index in [0.717, 1.165) is 25.6 Å². The predicted molar refractivity (Wildman–Crippen MR) is 92.2 cm³/mol. The van der Waals surface area contributed by atoms with Crippen LogP contribution in [0.15, 0.2) is 55.9 Å². The number of aromatic nitrogens is 1. The van der Waals surface area contributed by atoms with Gasteiger partial charge in [-0.15, -0.1) is 0 Å². The molecule has 1 aromatic heterocycles. The van der Waals surface area contributed by atoms with Crippen LogP contribution in [0.25, 0.3) is 22.5 Å². The zero-order valence-electron chi connectivity index (χ0n) is 10.6. The molecule has 0 spiro atoms. The Labute approximate surface area is 143 Å². The maximum absolute atomic E-state index is 6.27. The number of nitrogens with two attached hydrogens (primary N) is 1. The average molecular weight is 429 g/mol. The Morgan fingerprint density at radius 3 is 2.38 bits per heavy atom.